The predicted molar refractivity (Wildman–Crippen MR) is 118 cm³/mol. The molecule has 0 radical (unpaired) electrons. The number of carbonyl (C=O) groups excluding carboxylic acids is 2. The largest absolute Gasteiger partial charge is 0.490 e. The molecule has 1 aromatic heterocycles. The lowest BCUT2D eigenvalue weighted by molar-refractivity contribution is -0.122. The molecule has 4 rings (SSSR count). The lowest BCUT2D eigenvalue weighted by Gasteiger charge is -2.29. The zero-order valence-electron chi connectivity index (χ0n) is 17.2. The topological polar surface area (TPSA) is 80.8 Å². The molecule has 0 fully saturated rings. The van der Waals surface area contributed by atoms with Gasteiger partial charge in [-0.05, 0) is 55.0 Å². The Morgan fingerprint density at radius 2 is 2.00 bits per heavy atom. The molecule has 7 nitrogen and oxygen atoms in total. The zero-order chi connectivity index (χ0) is 21.6. The first-order chi connectivity index (χ1) is 15.1. The lowest BCUT2D eigenvalue weighted by Crippen LogP contribution is -2.38. The Hall–Kier alpha value is -3.87. The Balaban J connectivity index is 1.32. The molecule has 31 heavy (non-hydrogen) atoms. The minimum absolute atomic E-state index is 0.0951. The van der Waals surface area contributed by atoms with Gasteiger partial charge in [-0.25, -0.2) is 0 Å². The summed E-state index contributed by atoms with van der Waals surface area (Å²) in [5.74, 6) is 1.71. The van der Waals surface area contributed by atoms with Crippen LogP contribution >= 0.6 is 0 Å². The maximum absolute atomic E-state index is 12.7. The Morgan fingerprint density at radius 3 is 2.81 bits per heavy atom. The van der Waals surface area contributed by atoms with E-state index < -0.39 is 0 Å². The van der Waals surface area contributed by atoms with Gasteiger partial charge in [0.2, 0.25) is 11.8 Å². The number of nitrogens with zero attached hydrogens (tertiary/aromatic N) is 2. The van der Waals surface area contributed by atoms with Crippen molar-refractivity contribution in [2.75, 3.05) is 23.4 Å². The van der Waals surface area contributed by atoms with Crippen LogP contribution in [0.3, 0.4) is 0 Å². The standard InChI is InChI=1S/C24H23N3O4/c1-17-15-18(8-9-21(17)31-19-5-4-12-25-16-19)26-23(28)10-11-24(29)27-13-14-30-22-7-3-2-6-20(22)27/h2-9,12,15-16H,10-11,13-14H2,1H3,(H,26,28). The number of benzene rings is 2. The number of fused-ring (bicyclic) bond motifs is 1. The molecular weight excluding hydrogens is 394 g/mol. The Morgan fingerprint density at radius 1 is 1.13 bits per heavy atom. The van der Waals surface area contributed by atoms with Gasteiger partial charge < -0.3 is 19.7 Å². The summed E-state index contributed by atoms with van der Waals surface area (Å²) in [6.45, 7) is 2.83. The zero-order valence-corrected chi connectivity index (χ0v) is 17.2. The fourth-order valence-electron chi connectivity index (χ4n) is 3.38. The highest BCUT2D eigenvalue weighted by Crippen LogP contribution is 2.31. The van der Waals surface area contributed by atoms with Crippen LogP contribution in [-0.4, -0.2) is 29.9 Å². The number of aromatic nitrogens is 1. The quantitative estimate of drug-likeness (QED) is 0.646. The van der Waals surface area contributed by atoms with Crippen molar-refractivity contribution in [1.29, 1.82) is 0 Å². The van der Waals surface area contributed by atoms with Gasteiger partial charge in [-0.1, -0.05) is 12.1 Å². The molecule has 158 valence electrons. The van der Waals surface area contributed by atoms with E-state index in [1.165, 1.54) is 0 Å². The van der Waals surface area contributed by atoms with Gasteiger partial charge in [0.05, 0.1) is 18.4 Å². The van der Waals surface area contributed by atoms with Crippen LogP contribution in [0.2, 0.25) is 0 Å². The molecule has 0 saturated heterocycles. The Kier molecular flexibility index (Phi) is 6.12. The number of hydrogen-bond acceptors (Lipinski definition) is 5. The van der Waals surface area contributed by atoms with Crippen molar-refractivity contribution in [2.24, 2.45) is 0 Å². The summed E-state index contributed by atoms with van der Waals surface area (Å²) in [4.78, 5) is 30.8. The van der Waals surface area contributed by atoms with E-state index in [0.29, 0.717) is 36.1 Å². The summed E-state index contributed by atoms with van der Waals surface area (Å²) in [5, 5.41) is 2.85. The maximum atomic E-state index is 12.7. The van der Waals surface area contributed by atoms with Crippen LogP contribution < -0.4 is 19.7 Å². The highest BCUT2D eigenvalue weighted by atomic mass is 16.5. The summed E-state index contributed by atoms with van der Waals surface area (Å²) in [5.41, 5.74) is 2.28. The van der Waals surface area contributed by atoms with Gasteiger partial charge in [-0.15, -0.1) is 0 Å². The fourth-order valence-corrected chi connectivity index (χ4v) is 3.38. The van der Waals surface area contributed by atoms with E-state index in [1.54, 1.807) is 35.5 Å². The number of nitrogens with one attached hydrogen (secondary N) is 1. The molecule has 0 bridgehead atoms. The number of amides is 2. The third-order valence-corrected chi connectivity index (χ3v) is 4.92. The summed E-state index contributed by atoms with van der Waals surface area (Å²) < 4.78 is 11.4. The molecule has 1 aliphatic rings. The molecule has 2 amide bonds. The third kappa shape index (κ3) is 5.01. The summed E-state index contributed by atoms with van der Waals surface area (Å²) in [6, 6.07) is 16.5. The first kappa shape index (κ1) is 20.4. The third-order valence-electron chi connectivity index (χ3n) is 4.92. The minimum Gasteiger partial charge on any atom is -0.490 e. The summed E-state index contributed by atoms with van der Waals surface area (Å²) >= 11 is 0. The number of anilines is 2. The van der Waals surface area contributed by atoms with Gasteiger partial charge in [0.15, 0.2) is 0 Å². The van der Waals surface area contributed by atoms with Gasteiger partial charge in [-0.2, -0.15) is 0 Å². The van der Waals surface area contributed by atoms with Crippen molar-refractivity contribution >= 4 is 23.2 Å². The summed E-state index contributed by atoms with van der Waals surface area (Å²) in [7, 11) is 0. The number of para-hydroxylation sites is 2. The normalized spacial score (nSPS) is 12.5. The molecule has 3 aromatic rings. The van der Waals surface area contributed by atoms with Gasteiger partial charge in [-0.3, -0.25) is 14.6 Å². The molecule has 2 heterocycles. The number of pyridine rings is 1. The van der Waals surface area contributed by atoms with Crippen LogP contribution in [0.4, 0.5) is 11.4 Å². The second kappa shape index (κ2) is 9.30. The van der Waals surface area contributed by atoms with Crippen LogP contribution in [0.25, 0.3) is 0 Å². The molecule has 1 aliphatic heterocycles. The van der Waals surface area contributed by atoms with E-state index in [0.717, 1.165) is 11.3 Å². The van der Waals surface area contributed by atoms with E-state index >= 15 is 0 Å². The Labute approximate surface area is 180 Å². The summed E-state index contributed by atoms with van der Waals surface area (Å²) in [6.07, 6.45) is 3.55. The van der Waals surface area contributed by atoms with E-state index in [2.05, 4.69) is 10.3 Å². The highest BCUT2D eigenvalue weighted by Gasteiger charge is 2.23. The maximum Gasteiger partial charge on any atom is 0.227 e. The van der Waals surface area contributed by atoms with Crippen LogP contribution in [0.5, 0.6) is 17.2 Å². The van der Waals surface area contributed by atoms with Crippen LogP contribution in [0.1, 0.15) is 18.4 Å². The molecule has 7 heteroatoms. The minimum atomic E-state index is -0.213. The fraction of sp³-hybridized carbons (Fsp3) is 0.208. The second-order valence-electron chi connectivity index (χ2n) is 7.18. The first-order valence-corrected chi connectivity index (χ1v) is 10.1. The number of ether oxygens (including phenoxy) is 2. The molecule has 2 aromatic carbocycles. The van der Waals surface area contributed by atoms with Gasteiger partial charge in [0.1, 0.15) is 23.9 Å². The average molecular weight is 417 g/mol. The van der Waals surface area contributed by atoms with Crippen LogP contribution in [0.15, 0.2) is 67.0 Å². The number of aryl methyl sites for hydroxylation is 1. The van der Waals surface area contributed by atoms with E-state index in [1.807, 2.05) is 43.3 Å². The number of carbonyl (C=O) groups is 2. The van der Waals surface area contributed by atoms with Crippen molar-refractivity contribution in [3.63, 3.8) is 0 Å². The smallest absolute Gasteiger partial charge is 0.227 e. The van der Waals surface area contributed by atoms with Crippen molar-refractivity contribution in [1.82, 2.24) is 4.98 Å². The van der Waals surface area contributed by atoms with Crippen molar-refractivity contribution in [2.45, 2.75) is 19.8 Å². The van der Waals surface area contributed by atoms with Crippen molar-refractivity contribution in [3.8, 4) is 17.2 Å². The molecule has 1 N–H and O–H groups in total. The van der Waals surface area contributed by atoms with Crippen LogP contribution in [-0.2, 0) is 9.59 Å². The Bertz CT molecular complexity index is 1090. The average Bonchev–Trinajstić information content (AvgIpc) is 2.79. The number of rotatable bonds is 6. The molecule has 0 spiro atoms. The van der Waals surface area contributed by atoms with Crippen molar-refractivity contribution in [3.05, 3.63) is 72.6 Å². The molecular formula is C24H23N3O4. The van der Waals surface area contributed by atoms with E-state index in [-0.39, 0.29) is 24.7 Å². The predicted octanol–water partition coefficient (Wildman–Crippen LogP) is 4.33. The molecule has 0 saturated carbocycles. The van der Waals surface area contributed by atoms with Gasteiger partial charge >= 0.3 is 0 Å². The molecule has 0 atom stereocenters. The SMILES string of the molecule is Cc1cc(NC(=O)CCC(=O)N2CCOc3ccccc32)ccc1Oc1cccnc1. The first-order valence-electron chi connectivity index (χ1n) is 10.1. The van der Waals surface area contributed by atoms with Crippen molar-refractivity contribution < 1.29 is 19.1 Å². The van der Waals surface area contributed by atoms with Gasteiger partial charge in [0, 0.05) is 24.7 Å². The molecule has 0 aliphatic carbocycles. The molecule has 0 unspecified atom stereocenters. The number of hydrogen-bond donors (Lipinski definition) is 1. The highest BCUT2D eigenvalue weighted by molar-refractivity contribution is 5.99. The van der Waals surface area contributed by atoms with E-state index in [4.69, 9.17) is 9.47 Å². The lowest BCUT2D eigenvalue weighted by atomic mass is 10.1. The van der Waals surface area contributed by atoms with Gasteiger partial charge in [0.25, 0.3) is 0 Å². The van der Waals surface area contributed by atoms with E-state index in [9.17, 15) is 9.59 Å². The van der Waals surface area contributed by atoms with Crippen LogP contribution in [0, 0.1) is 6.92 Å². The second-order valence-corrected chi connectivity index (χ2v) is 7.18. The monoisotopic (exact) mass is 417 g/mol.